The second-order valence-corrected chi connectivity index (χ2v) is 6.31. The Morgan fingerprint density at radius 2 is 1.83 bits per heavy atom. The van der Waals surface area contributed by atoms with E-state index in [0.717, 1.165) is 5.56 Å². The molecule has 1 amide bonds. The summed E-state index contributed by atoms with van der Waals surface area (Å²) >= 11 is 12.1. The topological polar surface area (TPSA) is 47.6 Å². The zero-order valence-corrected chi connectivity index (χ0v) is 15.2. The predicted octanol–water partition coefficient (Wildman–Crippen LogP) is 4.72. The van der Waals surface area contributed by atoms with Crippen molar-refractivity contribution in [3.05, 3.63) is 57.6 Å². The van der Waals surface area contributed by atoms with Gasteiger partial charge in [-0.1, -0.05) is 35.3 Å². The van der Waals surface area contributed by atoms with Crippen molar-refractivity contribution in [1.29, 1.82) is 0 Å². The zero-order chi connectivity index (χ0) is 17.7. The van der Waals surface area contributed by atoms with Crippen LogP contribution in [-0.2, 0) is 6.54 Å². The van der Waals surface area contributed by atoms with Gasteiger partial charge in [-0.15, -0.1) is 0 Å². The SMILES string of the molecule is COc1cc(C(=O)NCc2ccc(Cl)cc2)cc(Cl)c1OC(C)C. The monoisotopic (exact) mass is 367 g/mol. The second kappa shape index (κ2) is 8.27. The first-order valence-electron chi connectivity index (χ1n) is 7.47. The molecule has 6 heteroatoms. The highest BCUT2D eigenvalue weighted by molar-refractivity contribution is 6.32. The molecule has 2 aromatic rings. The maximum Gasteiger partial charge on any atom is 0.251 e. The first-order valence-corrected chi connectivity index (χ1v) is 8.23. The smallest absolute Gasteiger partial charge is 0.251 e. The number of hydrogen-bond donors (Lipinski definition) is 1. The average molecular weight is 368 g/mol. The number of nitrogens with one attached hydrogen (secondary N) is 1. The molecule has 0 aromatic heterocycles. The molecule has 0 radical (unpaired) electrons. The quantitative estimate of drug-likeness (QED) is 0.803. The van der Waals surface area contributed by atoms with Gasteiger partial charge in [0, 0.05) is 17.1 Å². The van der Waals surface area contributed by atoms with Gasteiger partial charge in [-0.2, -0.15) is 0 Å². The third kappa shape index (κ3) is 4.79. The molecule has 0 atom stereocenters. The van der Waals surface area contributed by atoms with E-state index < -0.39 is 0 Å². The summed E-state index contributed by atoms with van der Waals surface area (Å²) in [6.45, 7) is 4.17. The van der Waals surface area contributed by atoms with Crippen molar-refractivity contribution in [1.82, 2.24) is 5.32 Å². The molecule has 128 valence electrons. The lowest BCUT2D eigenvalue weighted by Crippen LogP contribution is -2.23. The van der Waals surface area contributed by atoms with Crippen LogP contribution in [-0.4, -0.2) is 19.1 Å². The van der Waals surface area contributed by atoms with Gasteiger partial charge < -0.3 is 14.8 Å². The van der Waals surface area contributed by atoms with Crippen LogP contribution >= 0.6 is 23.2 Å². The first-order chi connectivity index (χ1) is 11.4. The van der Waals surface area contributed by atoms with Gasteiger partial charge in [-0.3, -0.25) is 4.79 Å². The van der Waals surface area contributed by atoms with E-state index in [4.69, 9.17) is 32.7 Å². The summed E-state index contributed by atoms with van der Waals surface area (Å²) in [6.07, 6.45) is -0.0546. The molecule has 2 rings (SSSR count). The molecule has 0 unspecified atom stereocenters. The Kier molecular flexibility index (Phi) is 6.35. The van der Waals surface area contributed by atoms with E-state index in [2.05, 4.69) is 5.32 Å². The van der Waals surface area contributed by atoms with E-state index in [1.54, 1.807) is 24.3 Å². The number of benzene rings is 2. The van der Waals surface area contributed by atoms with Crippen LogP contribution in [0, 0.1) is 0 Å². The van der Waals surface area contributed by atoms with Gasteiger partial charge in [0.2, 0.25) is 0 Å². The normalized spacial score (nSPS) is 10.6. The predicted molar refractivity (Wildman–Crippen MR) is 96.4 cm³/mol. The molecule has 0 heterocycles. The van der Waals surface area contributed by atoms with Gasteiger partial charge in [0.15, 0.2) is 11.5 Å². The average Bonchev–Trinajstić information content (AvgIpc) is 2.55. The molecule has 0 saturated heterocycles. The van der Waals surface area contributed by atoms with Crippen molar-refractivity contribution in [3.63, 3.8) is 0 Å². The Morgan fingerprint density at radius 1 is 1.17 bits per heavy atom. The fourth-order valence-electron chi connectivity index (χ4n) is 2.09. The molecule has 4 nitrogen and oxygen atoms in total. The molecule has 0 aliphatic rings. The molecule has 0 spiro atoms. The highest BCUT2D eigenvalue weighted by Gasteiger charge is 2.16. The van der Waals surface area contributed by atoms with E-state index in [1.807, 2.05) is 26.0 Å². The van der Waals surface area contributed by atoms with Gasteiger partial charge >= 0.3 is 0 Å². The summed E-state index contributed by atoms with van der Waals surface area (Å²) < 4.78 is 10.9. The number of halogens is 2. The number of amides is 1. The maximum atomic E-state index is 12.3. The second-order valence-electron chi connectivity index (χ2n) is 5.47. The van der Waals surface area contributed by atoms with Crippen LogP contribution in [0.15, 0.2) is 36.4 Å². The van der Waals surface area contributed by atoms with Gasteiger partial charge in [-0.05, 0) is 43.7 Å². The lowest BCUT2D eigenvalue weighted by atomic mass is 10.1. The largest absolute Gasteiger partial charge is 0.493 e. The highest BCUT2D eigenvalue weighted by Crippen LogP contribution is 2.37. The van der Waals surface area contributed by atoms with Crippen molar-refractivity contribution in [2.75, 3.05) is 7.11 Å². The molecule has 0 bridgehead atoms. The molecule has 1 N–H and O–H groups in total. The molecule has 2 aromatic carbocycles. The number of carbonyl (C=O) groups excluding carboxylic acids is 1. The fraction of sp³-hybridized carbons (Fsp3) is 0.278. The molecular weight excluding hydrogens is 349 g/mol. The van der Waals surface area contributed by atoms with Crippen LogP contribution in [0.4, 0.5) is 0 Å². The fourth-order valence-corrected chi connectivity index (χ4v) is 2.47. The summed E-state index contributed by atoms with van der Waals surface area (Å²) in [4.78, 5) is 12.3. The standard InChI is InChI=1S/C18H19Cl2NO3/c1-11(2)24-17-15(20)8-13(9-16(17)23-3)18(22)21-10-12-4-6-14(19)7-5-12/h4-9,11H,10H2,1-3H3,(H,21,22). The molecule has 24 heavy (non-hydrogen) atoms. The van der Waals surface area contributed by atoms with E-state index in [9.17, 15) is 4.79 Å². The van der Waals surface area contributed by atoms with E-state index in [1.165, 1.54) is 7.11 Å². The number of methoxy groups -OCH3 is 1. The molecular formula is C18H19Cl2NO3. The number of hydrogen-bond acceptors (Lipinski definition) is 3. The summed E-state index contributed by atoms with van der Waals surface area (Å²) in [6, 6.07) is 10.5. The van der Waals surface area contributed by atoms with Crippen LogP contribution in [0.5, 0.6) is 11.5 Å². The van der Waals surface area contributed by atoms with Crippen molar-refractivity contribution in [2.24, 2.45) is 0 Å². The van der Waals surface area contributed by atoms with Gasteiger partial charge in [0.05, 0.1) is 18.2 Å². The van der Waals surface area contributed by atoms with Crippen molar-refractivity contribution >= 4 is 29.1 Å². The highest BCUT2D eigenvalue weighted by atomic mass is 35.5. The van der Waals surface area contributed by atoms with E-state index in [0.29, 0.717) is 33.7 Å². The Balaban J connectivity index is 2.14. The summed E-state index contributed by atoms with van der Waals surface area (Å²) in [5.41, 5.74) is 1.35. The van der Waals surface area contributed by atoms with E-state index in [-0.39, 0.29) is 12.0 Å². The number of rotatable bonds is 6. The minimum Gasteiger partial charge on any atom is -0.493 e. The Morgan fingerprint density at radius 3 is 2.42 bits per heavy atom. The van der Waals surface area contributed by atoms with Crippen LogP contribution in [0.2, 0.25) is 10.0 Å². The van der Waals surface area contributed by atoms with Crippen molar-refractivity contribution in [2.45, 2.75) is 26.5 Å². The third-order valence-electron chi connectivity index (χ3n) is 3.21. The van der Waals surface area contributed by atoms with Crippen molar-refractivity contribution < 1.29 is 14.3 Å². The molecule has 0 aliphatic heterocycles. The van der Waals surface area contributed by atoms with Crippen LogP contribution in [0.1, 0.15) is 29.8 Å². The summed E-state index contributed by atoms with van der Waals surface area (Å²) in [5, 5.41) is 3.82. The van der Waals surface area contributed by atoms with Crippen LogP contribution < -0.4 is 14.8 Å². The maximum absolute atomic E-state index is 12.3. The molecule has 0 aliphatic carbocycles. The van der Waals surface area contributed by atoms with Crippen LogP contribution in [0.3, 0.4) is 0 Å². The van der Waals surface area contributed by atoms with Crippen LogP contribution in [0.25, 0.3) is 0 Å². The number of carbonyl (C=O) groups is 1. The van der Waals surface area contributed by atoms with E-state index >= 15 is 0 Å². The third-order valence-corrected chi connectivity index (χ3v) is 3.74. The lowest BCUT2D eigenvalue weighted by Gasteiger charge is -2.16. The van der Waals surface area contributed by atoms with Crippen molar-refractivity contribution in [3.8, 4) is 11.5 Å². The minimum atomic E-state index is -0.249. The molecule has 0 fully saturated rings. The Bertz CT molecular complexity index is 715. The Hall–Kier alpha value is -1.91. The Labute approximate surface area is 151 Å². The first kappa shape index (κ1) is 18.4. The van der Waals surface area contributed by atoms with Gasteiger partial charge in [0.25, 0.3) is 5.91 Å². The van der Waals surface area contributed by atoms with Gasteiger partial charge in [0.1, 0.15) is 0 Å². The zero-order valence-electron chi connectivity index (χ0n) is 13.7. The van der Waals surface area contributed by atoms with Gasteiger partial charge in [-0.25, -0.2) is 0 Å². The summed E-state index contributed by atoms with van der Waals surface area (Å²) in [7, 11) is 1.51. The molecule has 0 saturated carbocycles. The minimum absolute atomic E-state index is 0.0546. The lowest BCUT2D eigenvalue weighted by molar-refractivity contribution is 0.0950. The number of ether oxygens (including phenoxy) is 2. The summed E-state index contributed by atoms with van der Waals surface area (Å²) in [5.74, 6) is 0.609.